The third-order valence-corrected chi connectivity index (χ3v) is 3.12. The highest BCUT2D eigenvalue weighted by Gasteiger charge is 2.19. The van der Waals surface area contributed by atoms with Gasteiger partial charge in [0.05, 0.1) is 17.8 Å². The molecule has 19 heavy (non-hydrogen) atoms. The first kappa shape index (κ1) is 13.1. The summed E-state index contributed by atoms with van der Waals surface area (Å²) in [7, 11) is 5.75. The van der Waals surface area contributed by atoms with Crippen molar-refractivity contribution in [3.63, 3.8) is 0 Å². The van der Waals surface area contributed by atoms with Crippen LogP contribution in [0.3, 0.4) is 0 Å². The number of aromatic nitrogens is 4. The van der Waals surface area contributed by atoms with E-state index in [0.29, 0.717) is 12.1 Å². The summed E-state index contributed by atoms with van der Waals surface area (Å²) in [5.41, 5.74) is 7.09. The van der Waals surface area contributed by atoms with Gasteiger partial charge in [0, 0.05) is 33.5 Å². The second-order valence-electron chi connectivity index (χ2n) is 4.63. The van der Waals surface area contributed by atoms with E-state index in [1.54, 1.807) is 10.9 Å². The van der Waals surface area contributed by atoms with Crippen molar-refractivity contribution in [2.45, 2.75) is 13.5 Å². The first-order chi connectivity index (χ1) is 8.91. The summed E-state index contributed by atoms with van der Waals surface area (Å²) in [5, 5.41) is 12.0. The van der Waals surface area contributed by atoms with E-state index in [9.17, 15) is 0 Å². The van der Waals surface area contributed by atoms with Crippen LogP contribution in [0.2, 0.25) is 0 Å². The molecule has 3 N–H and O–H groups in total. The van der Waals surface area contributed by atoms with Crippen LogP contribution >= 0.6 is 0 Å². The first-order valence-electron chi connectivity index (χ1n) is 5.97. The Morgan fingerprint density at radius 1 is 1.47 bits per heavy atom. The molecule has 0 aliphatic rings. The molecule has 0 amide bonds. The maximum atomic E-state index is 7.69. The van der Waals surface area contributed by atoms with Gasteiger partial charge in [-0.15, -0.1) is 0 Å². The molecular formula is C12H19N7. The van der Waals surface area contributed by atoms with Crippen LogP contribution in [0.4, 0.5) is 5.82 Å². The Balaban J connectivity index is 2.36. The SMILES string of the molecule is Cc1nn(C)c(N(C)Cc2nccn2C)c1C(=N)N. The topological polar surface area (TPSA) is 88.8 Å². The number of nitrogens with two attached hydrogens (primary N) is 1. The quantitative estimate of drug-likeness (QED) is 0.615. The summed E-state index contributed by atoms with van der Waals surface area (Å²) < 4.78 is 3.71. The molecule has 7 nitrogen and oxygen atoms in total. The Kier molecular flexibility index (Phi) is 3.28. The van der Waals surface area contributed by atoms with Gasteiger partial charge in [0.15, 0.2) is 0 Å². The van der Waals surface area contributed by atoms with Gasteiger partial charge in [-0.2, -0.15) is 5.10 Å². The molecule has 0 aliphatic heterocycles. The number of anilines is 1. The third kappa shape index (κ3) is 2.31. The predicted molar refractivity (Wildman–Crippen MR) is 74.3 cm³/mol. The molecule has 7 heteroatoms. The number of nitrogens with zero attached hydrogens (tertiary/aromatic N) is 5. The molecule has 102 valence electrons. The lowest BCUT2D eigenvalue weighted by Gasteiger charge is -2.20. The smallest absolute Gasteiger partial charge is 0.138 e. The first-order valence-corrected chi connectivity index (χ1v) is 5.97. The van der Waals surface area contributed by atoms with Crippen molar-refractivity contribution in [1.29, 1.82) is 5.41 Å². The van der Waals surface area contributed by atoms with Gasteiger partial charge in [0.25, 0.3) is 0 Å². The Hall–Kier alpha value is -2.31. The highest BCUT2D eigenvalue weighted by atomic mass is 15.4. The fourth-order valence-electron chi connectivity index (χ4n) is 2.24. The predicted octanol–water partition coefficient (Wildman–Crippen LogP) is 0.382. The maximum Gasteiger partial charge on any atom is 0.138 e. The second kappa shape index (κ2) is 4.75. The number of imidazole rings is 1. The van der Waals surface area contributed by atoms with Crippen molar-refractivity contribution in [2.24, 2.45) is 19.8 Å². The fraction of sp³-hybridized carbons (Fsp3) is 0.417. The average molecular weight is 261 g/mol. The van der Waals surface area contributed by atoms with Crippen LogP contribution < -0.4 is 10.6 Å². The molecule has 0 saturated carbocycles. The number of nitrogen functional groups attached to an aromatic ring is 1. The largest absolute Gasteiger partial charge is 0.384 e. The van der Waals surface area contributed by atoms with Gasteiger partial charge in [0.2, 0.25) is 0 Å². The van der Waals surface area contributed by atoms with Crippen molar-refractivity contribution in [3.8, 4) is 0 Å². The number of aryl methyl sites for hydroxylation is 3. The zero-order chi connectivity index (χ0) is 14.2. The molecule has 0 aliphatic carbocycles. The zero-order valence-corrected chi connectivity index (χ0v) is 11.7. The van der Waals surface area contributed by atoms with Crippen molar-refractivity contribution >= 4 is 11.7 Å². The van der Waals surface area contributed by atoms with E-state index < -0.39 is 0 Å². The number of hydrogen-bond donors (Lipinski definition) is 2. The molecule has 0 bridgehead atoms. The summed E-state index contributed by atoms with van der Waals surface area (Å²) in [4.78, 5) is 6.30. The highest BCUT2D eigenvalue weighted by molar-refractivity contribution is 6.00. The molecule has 0 fully saturated rings. The fourth-order valence-corrected chi connectivity index (χ4v) is 2.24. The third-order valence-electron chi connectivity index (χ3n) is 3.12. The zero-order valence-electron chi connectivity index (χ0n) is 11.7. The standard InChI is InChI=1S/C12H19N7/c1-8-10(11(13)14)12(19(4)16-8)18(3)7-9-15-5-6-17(9)2/h5-6H,7H2,1-4H3,(H3,13,14). The van der Waals surface area contributed by atoms with E-state index in [2.05, 4.69) is 10.1 Å². The molecule has 2 aromatic rings. The van der Waals surface area contributed by atoms with Crippen LogP contribution in [0.15, 0.2) is 12.4 Å². The molecule has 2 aromatic heterocycles. The van der Waals surface area contributed by atoms with Gasteiger partial charge >= 0.3 is 0 Å². The lowest BCUT2D eigenvalue weighted by Crippen LogP contribution is -2.25. The van der Waals surface area contributed by atoms with Crippen molar-refractivity contribution < 1.29 is 0 Å². The highest BCUT2D eigenvalue weighted by Crippen LogP contribution is 2.22. The number of rotatable bonds is 4. The van der Waals surface area contributed by atoms with Gasteiger partial charge in [0.1, 0.15) is 17.5 Å². The van der Waals surface area contributed by atoms with Gasteiger partial charge in [-0.3, -0.25) is 10.1 Å². The monoisotopic (exact) mass is 261 g/mol. The Morgan fingerprint density at radius 2 is 2.16 bits per heavy atom. The average Bonchev–Trinajstić information content (AvgIpc) is 2.82. The van der Waals surface area contributed by atoms with Crippen LogP contribution in [0, 0.1) is 12.3 Å². The molecule has 0 radical (unpaired) electrons. The van der Waals surface area contributed by atoms with Gasteiger partial charge in [-0.05, 0) is 6.92 Å². The van der Waals surface area contributed by atoms with Gasteiger partial charge in [-0.25, -0.2) is 4.98 Å². The van der Waals surface area contributed by atoms with Gasteiger partial charge in [-0.1, -0.05) is 0 Å². The maximum absolute atomic E-state index is 7.69. The summed E-state index contributed by atoms with van der Waals surface area (Å²) in [6, 6.07) is 0. The van der Waals surface area contributed by atoms with Crippen LogP contribution in [0.1, 0.15) is 17.1 Å². The molecular weight excluding hydrogens is 242 g/mol. The minimum Gasteiger partial charge on any atom is -0.384 e. The number of amidine groups is 1. The van der Waals surface area contributed by atoms with Crippen molar-refractivity contribution in [2.75, 3.05) is 11.9 Å². The van der Waals surface area contributed by atoms with E-state index in [-0.39, 0.29) is 5.84 Å². The van der Waals surface area contributed by atoms with Crippen molar-refractivity contribution in [3.05, 3.63) is 29.5 Å². The van der Waals surface area contributed by atoms with E-state index in [1.807, 2.05) is 43.7 Å². The molecule has 2 rings (SSSR count). The molecule has 0 atom stereocenters. The minimum atomic E-state index is 0.0345. The summed E-state index contributed by atoms with van der Waals surface area (Å²) >= 11 is 0. The second-order valence-corrected chi connectivity index (χ2v) is 4.63. The Bertz CT molecular complexity index is 608. The van der Waals surface area contributed by atoms with Crippen LogP contribution in [0.5, 0.6) is 0 Å². The Morgan fingerprint density at radius 3 is 2.68 bits per heavy atom. The van der Waals surface area contributed by atoms with E-state index in [4.69, 9.17) is 11.1 Å². The normalized spacial score (nSPS) is 10.7. The van der Waals surface area contributed by atoms with E-state index in [1.165, 1.54) is 0 Å². The van der Waals surface area contributed by atoms with E-state index in [0.717, 1.165) is 17.3 Å². The van der Waals surface area contributed by atoms with Gasteiger partial charge < -0.3 is 15.2 Å². The Labute approximate surface area is 112 Å². The van der Waals surface area contributed by atoms with Crippen LogP contribution in [0.25, 0.3) is 0 Å². The number of hydrogen-bond acceptors (Lipinski definition) is 4. The molecule has 2 heterocycles. The van der Waals surface area contributed by atoms with Crippen molar-refractivity contribution in [1.82, 2.24) is 19.3 Å². The molecule has 0 saturated heterocycles. The summed E-state index contributed by atoms with van der Waals surface area (Å²) in [6.07, 6.45) is 3.67. The van der Waals surface area contributed by atoms with Crippen LogP contribution in [-0.4, -0.2) is 32.2 Å². The molecule has 0 unspecified atom stereocenters. The summed E-state index contributed by atoms with van der Waals surface area (Å²) in [6.45, 7) is 2.48. The lowest BCUT2D eigenvalue weighted by atomic mass is 10.2. The van der Waals surface area contributed by atoms with E-state index >= 15 is 0 Å². The van der Waals surface area contributed by atoms with Crippen LogP contribution in [-0.2, 0) is 20.6 Å². The molecule has 0 spiro atoms. The summed E-state index contributed by atoms with van der Waals surface area (Å²) in [5.74, 6) is 1.80. The number of nitrogens with one attached hydrogen (secondary N) is 1. The molecule has 0 aromatic carbocycles. The lowest BCUT2D eigenvalue weighted by molar-refractivity contribution is 0.701. The minimum absolute atomic E-state index is 0.0345.